The summed E-state index contributed by atoms with van der Waals surface area (Å²) in [6.07, 6.45) is 4.08. The first-order valence-corrected chi connectivity index (χ1v) is 14.9. The van der Waals surface area contributed by atoms with Crippen molar-refractivity contribution in [1.82, 2.24) is 0 Å². The number of fused-ring (bicyclic) bond motifs is 2. The molecule has 70 valence electrons. The van der Waals surface area contributed by atoms with Gasteiger partial charge in [0.05, 0.1) is 0 Å². The second kappa shape index (κ2) is 4.05. The molecule has 2 aliphatic rings. The van der Waals surface area contributed by atoms with E-state index in [0.717, 1.165) is 5.92 Å². The van der Waals surface area contributed by atoms with Gasteiger partial charge in [0.1, 0.15) is 0 Å². The Hall–Kier alpha value is 0.695. The number of halogens is 1. The van der Waals surface area contributed by atoms with Crippen molar-refractivity contribution in [2.75, 3.05) is 0 Å². The average Bonchev–Trinajstić information content (AvgIpc) is 2.62. The minimum atomic E-state index is -1.24. The van der Waals surface area contributed by atoms with Crippen LogP contribution in [0.15, 0.2) is 0 Å². The maximum atomic E-state index is 10.9. The quantitative estimate of drug-likeness (QED) is 0.536. The Morgan fingerprint density at radius 3 is 2.77 bits per heavy atom. The van der Waals surface area contributed by atoms with Crippen molar-refractivity contribution in [1.29, 1.82) is 0 Å². The van der Waals surface area contributed by atoms with Gasteiger partial charge in [-0.1, -0.05) is 0 Å². The van der Waals surface area contributed by atoms with E-state index in [1.54, 1.807) is 0 Å². The number of carbonyl (C=O) groups is 1. The summed E-state index contributed by atoms with van der Waals surface area (Å²) in [6, 6.07) is 0. The summed E-state index contributed by atoms with van der Waals surface area (Å²) >= 11 is -1.24. The molecule has 4 heteroatoms. The van der Waals surface area contributed by atoms with Crippen LogP contribution in [0.4, 0.5) is 0 Å². The molecule has 0 N–H and O–H groups in total. The van der Waals surface area contributed by atoms with Crippen molar-refractivity contribution in [3.8, 4) is 0 Å². The summed E-state index contributed by atoms with van der Waals surface area (Å²) < 4.78 is 6.02. The van der Waals surface area contributed by atoms with Gasteiger partial charge in [-0.2, -0.15) is 0 Å². The fourth-order valence-corrected chi connectivity index (χ4v) is 11.9. The first kappa shape index (κ1) is 10.2. The summed E-state index contributed by atoms with van der Waals surface area (Å²) in [5, 5.41) is 0. The fourth-order valence-electron chi connectivity index (χ4n) is 2.95. The Kier molecular flexibility index (Phi) is 3.19. The Balaban J connectivity index is 2.04. The molecule has 0 unspecified atom stereocenters. The zero-order valence-electron chi connectivity index (χ0n) is 7.83. The van der Waals surface area contributed by atoms with E-state index in [2.05, 4.69) is 0 Å². The first-order valence-electron chi connectivity index (χ1n) is 4.95. The monoisotopic (exact) mass is 390 g/mol. The van der Waals surface area contributed by atoms with E-state index in [9.17, 15) is 4.79 Å². The van der Waals surface area contributed by atoms with Crippen LogP contribution < -0.4 is 0 Å². The molecule has 2 nitrogen and oxygen atoms in total. The third kappa shape index (κ3) is 1.89. The molecule has 0 saturated heterocycles. The molecule has 0 heterocycles. The Bertz CT molecular complexity index is 222. The topological polar surface area (TPSA) is 26.3 Å². The van der Waals surface area contributed by atoms with E-state index in [1.807, 2.05) is 0 Å². The van der Waals surface area contributed by atoms with Crippen molar-refractivity contribution < 1.29 is 32.9 Å². The van der Waals surface area contributed by atoms with Gasteiger partial charge in [0.15, 0.2) is 0 Å². The van der Waals surface area contributed by atoms with Gasteiger partial charge in [-0.05, 0) is 0 Å². The zero-order valence-corrected chi connectivity index (χ0v) is 14.1. The minimum absolute atomic E-state index is 0.124. The summed E-state index contributed by atoms with van der Waals surface area (Å²) in [5.74, 6) is 1.34. The van der Waals surface area contributed by atoms with E-state index >= 15 is 0 Å². The van der Waals surface area contributed by atoms with Gasteiger partial charge in [0.25, 0.3) is 0 Å². The van der Waals surface area contributed by atoms with Gasteiger partial charge in [0, 0.05) is 0 Å². The molecule has 2 aliphatic carbocycles. The van der Waals surface area contributed by atoms with E-state index in [0.29, 0.717) is 9.34 Å². The van der Waals surface area contributed by atoms with E-state index in [1.165, 1.54) is 26.2 Å². The molecular weight excluding hydrogens is 376 g/mol. The molecule has 2 rings (SSSR count). The number of hydrogen-bond donors (Lipinski definition) is 0. The third-order valence-corrected chi connectivity index (χ3v) is 12.4. The maximum absolute atomic E-state index is 10.9. The van der Waals surface area contributed by atoms with Crippen molar-refractivity contribution in [2.24, 2.45) is 11.8 Å². The molecule has 0 aliphatic heterocycles. The van der Waals surface area contributed by atoms with E-state index < -0.39 is 23.3 Å². The molecule has 0 radical (unpaired) electrons. The van der Waals surface area contributed by atoms with Crippen LogP contribution >= 0.6 is 8.25 Å². The van der Waals surface area contributed by atoms with Crippen LogP contribution in [-0.2, 0) is 32.9 Å². The van der Waals surface area contributed by atoms with Crippen molar-refractivity contribution in [3.63, 3.8) is 0 Å². The SMILES string of the molecule is CC(=O)O[C@H]1[C@@H]2CC[C@@H](C2)[C@H]1[Hg][Cl]. The number of ether oxygens (including phenoxy) is 1. The predicted octanol–water partition coefficient (Wildman–Crippen LogP) is 2.37. The van der Waals surface area contributed by atoms with Crippen LogP contribution in [0.2, 0.25) is 3.43 Å². The number of carbonyl (C=O) groups excluding carboxylic acids is 1. The van der Waals surface area contributed by atoms with Gasteiger partial charge in [-0.25, -0.2) is 0 Å². The van der Waals surface area contributed by atoms with Gasteiger partial charge in [-0.15, -0.1) is 0 Å². The number of rotatable bonds is 2. The molecule has 0 amide bonds. The number of hydrogen-bond acceptors (Lipinski definition) is 2. The summed E-state index contributed by atoms with van der Waals surface area (Å²) in [5.41, 5.74) is 0. The number of esters is 1. The van der Waals surface area contributed by atoms with Gasteiger partial charge in [0.2, 0.25) is 0 Å². The molecule has 2 fully saturated rings. The van der Waals surface area contributed by atoms with Crippen LogP contribution in [-0.4, -0.2) is 12.1 Å². The molecule has 2 saturated carbocycles. The van der Waals surface area contributed by atoms with Crippen molar-refractivity contribution in [2.45, 2.75) is 35.7 Å². The predicted molar refractivity (Wildman–Crippen MR) is 46.0 cm³/mol. The molecule has 2 bridgehead atoms. The molecule has 0 spiro atoms. The Labute approximate surface area is 94.2 Å². The standard InChI is InChI=1S/C9H13O2.ClH.Hg/c1-6(10)11-9-5-7-2-3-8(9)4-7;;/h5,7-9H,2-4H2,1H3;1H;/q;;+1/p-1/t7-,8+,9+;;/m0../s1. The van der Waals surface area contributed by atoms with Gasteiger partial charge >= 0.3 is 94.6 Å². The average molecular weight is 389 g/mol. The third-order valence-electron chi connectivity index (χ3n) is 3.49. The van der Waals surface area contributed by atoms with Crippen LogP contribution in [0.1, 0.15) is 26.2 Å². The zero-order chi connectivity index (χ0) is 9.42. The molecule has 0 aromatic heterocycles. The Morgan fingerprint density at radius 2 is 2.15 bits per heavy atom. The first-order chi connectivity index (χ1) is 6.22. The second-order valence-electron chi connectivity index (χ2n) is 4.23. The molecule has 0 aromatic carbocycles. The van der Waals surface area contributed by atoms with E-state index in [4.69, 9.17) is 13.0 Å². The molecular formula is C9H13ClHgO2. The van der Waals surface area contributed by atoms with Crippen LogP contribution in [0.3, 0.4) is 0 Å². The van der Waals surface area contributed by atoms with Gasteiger partial charge < -0.3 is 0 Å². The van der Waals surface area contributed by atoms with Gasteiger partial charge in [-0.3, -0.25) is 0 Å². The van der Waals surface area contributed by atoms with Crippen LogP contribution in [0.25, 0.3) is 0 Å². The summed E-state index contributed by atoms with van der Waals surface area (Å²) in [6.45, 7) is 1.51. The second-order valence-corrected chi connectivity index (χ2v) is 11.8. The van der Waals surface area contributed by atoms with Crippen molar-refractivity contribution in [3.05, 3.63) is 0 Å². The Morgan fingerprint density at radius 1 is 1.46 bits per heavy atom. The van der Waals surface area contributed by atoms with Crippen LogP contribution in [0, 0.1) is 11.8 Å². The summed E-state index contributed by atoms with van der Waals surface area (Å²) in [4.78, 5) is 10.9. The molecule has 4 atom stereocenters. The summed E-state index contributed by atoms with van der Waals surface area (Å²) in [7, 11) is 6.11. The molecule has 0 aromatic rings. The van der Waals surface area contributed by atoms with Crippen molar-refractivity contribution >= 4 is 14.2 Å². The van der Waals surface area contributed by atoms with Crippen LogP contribution in [0.5, 0.6) is 0 Å². The normalized spacial score (nSPS) is 41.7. The fraction of sp³-hybridized carbons (Fsp3) is 0.889. The van der Waals surface area contributed by atoms with E-state index in [-0.39, 0.29) is 12.1 Å². The molecule has 13 heavy (non-hydrogen) atoms.